The van der Waals surface area contributed by atoms with E-state index in [4.69, 9.17) is 0 Å². The van der Waals surface area contributed by atoms with Gasteiger partial charge in [0.15, 0.2) is 5.82 Å². The normalized spacial score (nSPS) is 15.2. The molecule has 1 heterocycles. The van der Waals surface area contributed by atoms with Crippen LogP contribution < -0.4 is 10.0 Å². The smallest absolute Gasteiger partial charge is 0.235 e. The third kappa shape index (κ3) is 3.45. The summed E-state index contributed by atoms with van der Waals surface area (Å²) in [5, 5.41) is 3.03. The summed E-state index contributed by atoms with van der Waals surface area (Å²) in [7, 11) is 0. The number of aryl methyl sites for hydroxylation is 1. The van der Waals surface area contributed by atoms with Crippen LogP contribution in [-0.2, 0) is 10.3 Å². The number of nitrogens with zero attached hydrogens (tertiary/aromatic N) is 1. The molecule has 3 aromatic rings. The molecule has 5 nitrogen and oxygen atoms in total. The van der Waals surface area contributed by atoms with Gasteiger partial charge in [0.05, 0.1) is 17.6 Å². The molecule has 1 fully saturated rings. The van der Waals surface area contributed by atoms with E-state index >= 15 is 0 Å². The molecule has 2 aromatic carbocycles. The van der Waals surface area contributed by atoms with Crippen LogP contribution >= 0.6 is 11.9 Å². The summed E-state index contributed by atoms with van der Waals surface area (Å²) >= 11 is 1.42. The number of carbonyl (C=O) groups excluding carboxylic acids is 1. The number of nitrogens with one attached hydrogen (secondary N) is 3. The first-order valence-electron chi connectivity index (χ1n) is 8.48. The first kappa shape index (κ1) is 17.1. The number of fused-ring (bicyclic) bond motifs is 1. The fourth-order valence-electron chi connectivity index (χ4n) is 2.87. The quantitative estimate of drug-likeness (QED) is 0.582. The fourth-order valence-corrected chi connectivity index (χ4v) is 3.51. The Balaban J connectivity index is 1.37. The van der Waals surface area contributed by atoms with E-state index in [0.29, 0.717) is 16.9 Å². The first-order valence-corrected chi connectivity index (χ1v) is 9.29. The Bertz CT molecular complexity index is 950. The van der Waals surface area contributed by atoms with Crippen molar-refractivity contribution < 1.29 is 9.18 Å². The Morgan fingerprint density at radius 3 is 2.73 bits per heavy atom. The molecule has 0 atom stereocenters. The van der Waals surface area contributed by atoms with E-state index in [9.17, 15) is 9.18 Å². The number of halogens is 1. The first-order chi connectivity index (χ1) is 12.6. The van der Waals surface area contributed by atoms with Crippen molar-refractivity contribution in [3.8, 4) is 0 Å². The van der Waals surface area contributed by atoms with Crippen molar-refractivity contribution in [2.45, 2.75) is 30.2 Å². The van der Waals surface area contributed by atoms with Gasteiger partial charge in [-0.2, -0.15) is 0 Å². The lowest BCUT2D eigenvalue weighted by Gasteiger charge is -2.15. The lowest BCUT2D eigenvalue weighted by molar-refractivity contribution is -0.121. The minimum Gasteiger partial charge on any atom is -0.342 e. The highest BCUT2D eigenvalue weighted by atomic mass is 32.2. The van der Waals surface area contributed by atoms with E-state index in [0.717, 1.165) is 17.7 Å². The Morgan fingerprint density at radius 1 is 1.27 bits per heavy atom. The van der Waals surface area contributed by atoms with Crippen LogP contribution in [0.2, 0.25) is 0 Å². The number of benzene rings is 2. The van der Waals surface area contributed by atoms with Crippen LogP contribution in [-0.4, -0.2) is 22.4 Å². The molecule has 1 aromatic heterocycles. The number of imidazole rings is 1. The predicted molar refractivity (Wildman–Crippen MR) is 100 cm³/mol. The van der Waals surface area contributed by atoms with Gasteiger partial charge in [-0.3, -0.25) is 9.52 Å². The number of hydrogen-bond donors (Lipinski definition) is 3. The van der Waals surface area contributed by atoms with Gasteiger partial charge in [0.1, 0.15) is 11.3 Å². The van der Waals surface area contributed by atoms with Crippen molar-refractivity contribution in [1.82, 2.24) is 20.0 Å². The van der Waals surface area contributed by atoms with E-state index in [1.54, 1.807) is 12.1 Å². The summed E-state index contributed by atoms with van der Waals surface area (Å²) in [6.45, 7) is 2.23. The molecule has 1 saturated carbocycles. The number of aromatic nitrogens is 2. The molecule has 1 aliphatic carbocycles. The molecule has 7 heteroatoms. The second-order valence-corrected chi connectivity index (χ2v) is 7.55. The molecule has 0 radical (unpaired) electrons. The topological polar surface area (TPSA) is 69.8 Å². The molecule has 0 saturated heterocycles. The molecule has 1 amide bonds. The van der Waals surface area contributed by atoms with Crippen LogP contribution in [0.25, 0.3) is 11.0 Å². The number of hydrogen-bond acceptors (Lipinski definition) is 4. The maximum Gasteiger partial charge on any atom is 0.235 e. The summed E-state index contributed by atoms with van der Waals surface area (Å²) in [6, 6.07) is 12.9. The van der Waals surface area contributed by atoms with Crippen LogP contribution in [0.4, 0.5) is 4.39 Å². The average Bonchev–Trinajstić information content (AvgIpc) is 3.25. The number of para-hydroxylation sites is 1. The number of carbonyl (C=O) groups is 1. The SMILES string of the molecule is Cc1ccc(SNCC(=O)NC2(c3nc4c(F)cccc4[nH]3)CC2)cc1. The van der Waals surface area contributed by atoms with Gasteiger partial charge in [0, 0.05) is 4.90 Å². The molecule has 0 spiro atoms. The van der Waals surface area contributed by atoms with E-state index in [-0.39, 0.29) is 18.3 Å². The van der Waals surface area contributed by atoms with Crippen molar-refractivity contribution in [3.63, 3.8) is 0 Å². The molecule has 1 aliphatic rings. The van der Waals surface area contributed by atoms with Crippen LogP contribution in [0.5, 0.6) is 0 Å². The van der Waals surface area contributed by atoms with Crippen LogP contribution in [0.3, 0.4) is 0 Å². The van der Waals surface area contributed by atoms with E-state index in [1.807, 2.05) is 31.2 Å². The zero-order chi connectivity index (χ0) is 18.1. The van der Waals surface area contributed by atoms with Gasteiger partial charge in [-0.05, 0) is 56.0 Å². The van der Waals surface area contributed by atoms with Crippen molar-refractivity contribution in [1.29, 1.82) is 0 Å². The number of aromatic amines is 1. The van der Waals surface area contributed by atoms with Gasteiger partial charge < -0.3 is 10.3 Å². The number of amides is 1. The standard InChI is InChI=1S/C19H19FN4OS/c1-12-5-7-13(8-6-12)26-21-11-16(25)24-19(9-10-19)18-22-15-4-2-3-14(20)17(15)23-18/h2-8,21H,9-11H2,1H3,(H,22,23)(H,24,25). The van der Waals surface area contributed by atoms with Crippen molar-refractivity contribution in [2.24, 2.45) is 0 Å². The molecule has 26 heavy (non-hydrogen) atoms. The largest absolute Gasteiger partial charge is 0.342 e. The maximum atomic E-state index is 13.8. The van der Waals surface area contributed by atoms with E-state index in [1.165, 1.54) is 23.6 Å². The summed E-state index contributed by atoms with van der Waals surface area (Å²) < 4.78 is 16.9. The summed E-state index contributed by atoms with van der Waals surface area (Å²) in [5.74, 6) is 0.156. The van der Waals surface area contributed by atoms with Crippen molar-refractivity contribution >= 4 is 28.9 Å². The molecular formula is C19H19FN4OS. The second-order valence-electron chi connectivity index (χ2n) is 6.59. The van der Waals surface area contributed by atoms with Crippen LogP contribution in [0.1, 0.15) is 24.2 Å². The fraction of sp³-hybridized carbons (Fsp3) is 0.263. The van der Waals surface area contributed by atoms with E-state index < -0.39 is 5.54 Å². The molecule has 4 rings (SSSR count). The van der Waals surface area contributed by atoms with Gasteiger partial charge in [-0.15, -0.1) is 0 Å². The van der Waals surface area contributed by atoms with Crippen LogP contribution in [0, 0.1) is 12.7 Å². The third-order valence-electron chi connectivity index (χ3n) is 4.49. The summed E-state index contributed by atoms with van der Waals surface area (Å²) in [6.07, 6.45) is 1.59. The third-order valence-corrected chi connectivity index (χ3v) is 5.29. The summed E-state index contributed by atoms with van der Waals surface area (Å²) in [5.41, 5.74) is 1.66. The maximum absolute atomic E-state index is 13.8. The Morgan fingerprint density at radius 2 is 2.04 bits per heavy atom. The highest BCUT2D eigenvalue weighted by Gasteiger charge is 2.48. The molecule has 0 aliphatic heterocycles. The molecule has 3 N–H and O–H groups in total. The van der Waals surface area contributed by atoms with Gasteiger partial charge in [0.25, 0.3) is 0 Å². The second kappa shape index (κ2) is 6.74. The van der Waals surface area contributed by atoms with Gasteiger partial charge in [0.2, 0.25) is 5.91 Å². The van der Waals surface area contributed by atoms with Gasteiger partial charge in [-0.1, -0.05) is 23.8 Å². The minimum absolute atomic E-state index is 0.108. The molecule has 0 unspecified atom stereocenters. The van der Waals surface area contributed by atoms with Crippen molar-refractivity contribution in [3.05, 3.63) is 59.7 Å². The van der Waals surface area contributed by atoms with E-state index in [2.05, 4.69) is 20.0 Å². The Kier molecular flexibility index (Phi) is 4.42. The molecule has 0 bridgehead atoms. The zero-order valence-corrected chi connectivity index (χ0v) is 15.1. The lowest BCUT2D eigenvalue weighted by atomic mass is 10.2. The predicted octanol–water partition coefficient (Wildman–Crippen LogP) is 3.41. The molecule has 134 valence electrons. The average molecular weight is 370 g/mol. The number of H-pyrrole nitrogens is 1. The lowest BCUT2D eigenvalue weighted by Crippen LogP contribution is -2.39. The van der Waals surface area contributed by atoms with Gasteiger partial charge >= 0.3 is 0 Å². The molecular weight excluding hydrogens is 351 g/mol. The van der Waals surface area contributed by atoms with Crippen LogP contribution in [0.15, 0.2) is 47.4 Å². The Hall–Kier alpha value is -2.38. The minimum atomic E-state index is -0.501. The van der Waals surface area contributed by atoms with Gasteiger partial charge in [-0.25, -0.2) is 9.37 Å². The Labute approximate surface area is 154 Å². The summed E-state index contributed by atoms with van der Waals surface area (Å²) in [4.78, 5) is 20.9. The number of rotatable bonds is 6. The monoisotopic (exact) mass is 370 g/mol. The highest BCUT2D eigenvalue weighted by Crippen LogP contribution is 2.44. The van der Waals surface area contributed by atoms with Crippen molar-refractivity contribution in [2.75, 3.05) is 6.54 Å². The highest BCUT2D eigenvalue weighted by molar-refractivity contribution is 7.97. The zero-order valence-electron chi connectivity index (χ0n) is 14.3.